The van der Waals surface area contributed by atoms with E-state index in [-0.39, 0.29) is 5.91 Å². The van der Waals surface area contributed by atoms with Crippen molar-refractivity contribution >= 4 is 33.2 Å². The van der Waals surface area contributed by atoms with Crippen molar-refractivity contribution in [3.8, 4) is 0 Å². The Hall–Kier alpha value is -0.390. The molecule has 0 atom stereocenters. The zero-order valence-corrected chi connectivity index (χ0v) is 12.4. The largest absolute Gasteiger partial charge is 0.335 e. The van der Waals surface area contributed by atoms with Gasteiger partial charge in [0.25, 0.3) is 5.91 Å². The van der Waals surface area contributed by atoms with E-state index in [1.165, 1.54) is 4.88 Å². The van der Waals surface area contributed by atoms with E-state index >= 15 is 0 Å². The van der Waals surface area contributed by atoms with Crippen molar-refractivity contribution < 1.29 is 4.79 Å². The summed E-state index contributed by atoms with van der Waals surface area (Å²) in [6, 6.07) is 3.95. The Labute approximate surface area is 115 Å². The van der Waals surface area contributed by atoms with Crippen LogP contribution in [0.1, 0.15) is 14.5 Å². The quantitative estimate of drug-likeness (QED) is 0.798. The van der Waals surface area contributed by atoms with Crippen molar-refractivity contribution in [3.05, 3.63) is 21.9 Å². The van der Waals surface area contributed by atoms with E-state index in [4.69, 9.17) is 0 Å². The Bertz CT molecular complexity index is 386. The number of carbonyl (C=O) groups excluding carboxylic acids is 1. The molecule has 17 heavy (non-hydrogen) atoms. The molecule has 1 fully saturated rings. The van der Waals surface area contributed by atoms with Crippen LogP contribution < -0.4 is 0 Å². The first-order chi connectivity index (χ1) is 8.20. The van der Waals surface area contributed by atoms with Crippen molar-refractivity contribution in [3.63, 3.8) is 0 Å². The van der Waals surface area contributed by atoms with Crippen LogP contribution in [0.5, 0.6) is 0 Å². The van der Waals surface area contributed by atoms with Crippen molar-refractivity contribution in [1.29, 1.82) is 0 Å². The smallest absolute Gasteiger partial charge is 0.264 e. The lowest BCUT2D eigenvalue weighted by molar-refractivity contribution is 0.0650. The third-order valence-corrected chi connectivity index (χ3v) is 4.35. The first-order valence-electron chi connectivity index (χ1n) is 5.85. The number of halogens is 1. The summed E-state index contributed by atoms with van der Waals surface area (Å²) in [4.78, 5) is 18.6. The fourth-order valence-electron chi connectivity index (χ4n) is 2.00. The van der Waals surface area contributed by atoms with E-state index < -0.39 is 0 Å². The van der Waals surface area contributed by atoms with E-state index in [2.05, 4.69) is 20.8 Å². The van der Waals surface area contributed by atoms with Crippen LogP contribution in [0.25, 0.3) is 0 Å². The Kier molecular flexibility index (Phi) is 4.59. The van der Waals surface area contributed by atoms with Gasteiger partial charge in [-0.1, -0.05) is 15.9 Å². The lowest BCUT2D eigenvalue weighted by Gasteiger charge is -2.34. The minimum Gasteiger partial charge on any atom is -0.335 e. The van der Waals surface area contributed by atoms with Gasteiger partial charge >= 0.3 is 0 Å². The Balaban J connectivity index is 1.90. The van der Waals surface area contributed by atoms with Crippen molar-refractivity contribution in [2.45, 2.75) is 6.92 Å². The van der Waals surface area contributed by atoms with Gasteiger partial charge in [0, 0.05) is 42.9 Å². The van der Waals surface area contributed by atoms with Gasteiger partial charge in [0.1, 0.15) is 0 Å². The van der Waals surface area contributed by atoms with Crippen LogP contribution in [0.4, 0.5) is 0 Å². The maximum Gasteiger partial charge on any atom is 0.264 e. The summed E-state index contributed by atoms with van der Waals surface area (Å²) in [5, 5.41) is 1.01. The lowest BCUT2D eigenvalue weighted by Crippen LogP contribution is -2.48. The van der Waals surface area contributed by atoms with E-state index in [1.54, 1.807) is 11.3 Å². The highest BCUT2D eigenvalue weighted by Gasteiger charge is 2.22. The molecular weight excluding hydrogens is 300 g/mol. The molecule has 1 aromatic heterocycles. The van der Waals surface area contributed by atoms with Crippen LogP contribution in [0.3, 0.4) is 0 Å². The highest BCUT2D eigenvalue weighted by atomic mass is 79.9. The third kappa shape index (κ3) is 3.30. The standard InChI is InChI=1S/C12H17BrN2OS/c1-10-2-3-11(17-10)12(16)15-8-6-14(5-4-13)7-9-15/h2-3H,4-9H2,1H3. The van der Waals surface area contributed by atoms with Gasteiger partial charge in [-0.2, -0.15) is 0 Å². The second-order valence-electron chi connectivity index (χ2n) is 4.23. The topological polar surface area (TPSA) is 23.6 Å². The molecule has 94 valence electrons. The summed E-state index contributed by atoms with van der Waals surface area (Å²) in [5.74, 6) is 0.196. The van der Waals surface area contributed by atoms with Gasteiger partial charge in [-0.25, -0.2) is 0 Å². The van der Waals surface area contributed by atoms with Crippen molar-refractivity contribution in [2.75, 3.05) is 38.1 Å². The van der Waals surface area contributed by atoms with Crippen LogP contribution in [0.2, 0.25) is 0 Å². The van der Waals surface area contributed by atoms with Gasteiger partial charge in [0.2, 0.25) is 0 Å². The van der Waals surface area contributed by atoms with Crippen molar-refractivity contribution in [1.82, 2.24) is 9.80 Å². The summed E-state index contributed by atoms with van der Waals surface area (Å²) in [6.07, 6.45) is 0. The van der Waals surface area contributed by atoms with Gasteiger partial charge in [0.15, 0.2) is 0 Å². The highest BCUT2D eigenvalue weighted by Crippen LogP contribution is 2.18. The summed E-state index contributed by atoms with van der Waals surface area (Å²) in [5.41, 5.74) is 0. The molecule has 0 aliphatic carbocycles. The molecule has 1 aliphatic heterocycles. The molecule has 1 amide bonds. The van der Waals surface area contributed by atoms with Crippen LogP contribution >= 0.6 is 27.3 Å². The molecule has 0 unspecified atom stereocenters. The summed E-state index contributed by atoms with van der Waals surface area (Å²) >= 11 is 5.04. The molecule has 5 heteroatoms. The minimum atomic E-state index is 0.196. The molecule has 0 bridgehead atoms. The van der Waals surface area contributed by atoms with Gasteiger partial charge in [-0.05, 0) is 19.1 Å². The van der Waals surface area contributed by atoms with Gasteiger partial charge in [-0.3, -0.25) is 9.69 Å². The molecule has 1 aromatic rings. The zero-order chi connectivity index (χ0) is 12.3. The second kappa shape index (κ2) is 5.98. The number of nitrogens with zero attached hydrogens (tertiary/aromatic N) is 2. The molecule has 2 rings (SSSR count). The van der Waals surface area contributed by atoms with E-state index in [0.29, 0.717) is 0 Å². The van der Waals surface area contributed by atoms with Crippen LogP contribution in [-0.2, 0) is 0 Å². The SMILES string of the molecule is Cc1ccc(C(=O)N2CCN(CCBr)CC2)s1. The molecular formula is C12H17BrN2OS. The van der Waals surface area contributed by atoms with Crippen molar-refractivity contribution in [2.24, 2.45) is 0 Å². The van der Waals surface area contributed by atoms with E-state index in [9.17, 15) is 4.79 Å². The van der Waals surface area contributed by atoms with Gasteiger partial charge in [-0.15, -0.1) is 11.3 Å². The predicted octanol–water partition coefficient (Wildman–Crippen LogP) is 2.21. The molecule has 0 aromatic carbocycles. The second-order valence-corrected chi connectivity index (χ2v) is 6.31. The highest BCUT2D eigenvalue weighted by molar-refractivity contribution is 9.09. The Morgan fingerprint density at radius 2 is 2.06 bits per heavy atom. The number of thiophene rings is 1. The predicted molar refractivity (Wildman–Crippen MR) is 75.2 cm³/mol. The minimum absolute atomic E-state index is 0.196. The summed E-state index contributed by atoms with van der Waals surface area (Å²) in [6.45, 7) is 6.78. The normalized spacial score (nSPS) is 17.4. The number of hydrogen-bond donors (Lipinski definition) is 0. The summed E-state index contributed by atoms with van der Waals surface area (Å²) in [7, 11) is 0. The van der Waals surface area contributed by atoms with E-state index in [1.807, 2.05) is 24.0 Å². The van der Waals surface area contributed by atoms with Crippen LogP contribution in [0, 0.1) is 6.92 Å². The van der Waals surface area contributed by atoms with Gasteiger partial charge in [0.05, 0.1) is 4.88 Å². The number of alkyl halides is 1. The number of amides is 1. The lowest BCUT2D eigenvalue weighted by atomic mass is 10.3. The molecule has 0 radical (unpaired) electrons. The molecule has 1 aliphatic rings. The maximum atomic E-state index is 12.2. The average Bonchev–Trinajstić information content (AvgIpc) is 2.76. The fraction of sp³-hybridized carbons (Fsp3) is 0.583. The number of piperazine rings is 1. The Morgan fingerprint density at radius 1 is 1.35 bits per heavy atom. The van der Waals surface area contributed by atoms with Crippen LogP contribution in [0.15, 0.2) is 12.1 Å². The zero-order valence-electron chi connectivity index (χ0n) is 9.99. The number of hydrogen-bond acceptors (Lipinski definition) is 3. The fourth-order valence-corrected chi connectivity index (χ4v) is 3.34. The van der Waals surface area contributed by atoms with Crippen LogP contribution in [-0.4, -0.2) is 53.8 Å². The Morgan fingerprint density at radius 3 is 2.59 bits per heavy atom. The molecule has 2 heterocycles. The molecule has 0 saturated carbocycles. The number of rotatable bonds is 3. The number of aryl methyl sites for hydroxylation is 1. The molecule has 1 saturated heterocycles. The first kappa shape index (κ1) is 13.1. The summed E-state index contributed by atoms with van der Waals surface area (Å²) < 4.78 is 0. The number of carbonyl (C=O) groups is 1. The maximum absolute atomic E-state index is 12.2. The third-order valence-electron chi connectivity index (χ3n) is 3.01. The first-order valence-corrected chi connectivity index (χ1v) is 7.78. The molecule has 0 spiro atoms. The van der Waals surface area contributed by atoms with Gasteiger partial charge < -0.3 is 4.90 Å². The van der Waals surface area contributed by atoms with E-state index in [0.717, 1.165) is 42.9 Å². The monoisotopic (exact) mass is 316 g/mol. The average molecular weight is 317 g/mol. The molecule has 3 nitrogen and oxygen atoms in total. The molecule has 0 N–H and O–H groups in total.